The van der Waals surface area contributed by atoms with Crippen LogP contribution in [0.15, 0.2) is 60.8 Å². The molecule has 0 radical (unpaired) electrons. The van der Waals surface area contributed by atoms with Crippen LogP contribution in [0.25, 0.3) is 17.3 Å². The maximum Gasteiger partial charge on any atom is 0.248 e. The van der Waals surface area contributed by atoms with Crippen molar-refractivity contribution in [2.24, 2.45) is 7.05 Å². The minimum atomic E-state index is -0.821. The lowest BCUT2D eigenvalue weighted by molar-refractivity contribution is -0.111. The normalized spacial score (nSPS) is 12.3. The molecule has 5 nitrogen and oxygen atoms in total. The summed E-state index contributed by atoms with van der Waals surface area (Å²) in [6.45, 7) is 0. The van der Waals surface area contributed by atoms with E-state index < -0.39 is 11.2 Å². The van der Waals surface area contributed by atoms with E-state index in [2.05, 4.69) is 10.4 Å². The van der Waals surface area contributed by atoms with Crippen molar-refractivity contribution in [2.45, 2.75) is 6.42 Å². The highest BCUT2D eigenvalue weighted by molar-refractivity contribution is 7.90. The number of aryl methyl sites for hydroxylation is 2. The number of nitrogens with zero attached hydrogens (tertiary/aromatic N) is 2. The molecule has 150 valence electrons. The van der Waals surface area contributed by atoms with Crippen LogP contribution in [0.2, 0.25) is 0 Å². The maximum atomic E-state index is 13.2. The van der Waals surface area contributed by atoms with Crippen molar-refractivity contribution in [1.29, 1.82) is 0 Å². The molecule has 1 unspecified atom stereocenters. The van der Waals surface area contributed by atoms with Crippen LogP contribution in [-0.2, 0) is 29.4 Å². The van der Waals surface area contributed by atoms with Crippen molar-refractivity contribution in [1.82, 2.24) is 9.78 Å². The van der Waals surface area contributed by atoms with Crippen molar-refractivity contribution in [2.75, 3.05) is 17.3 Å². The quantitative estimate of drug-likeness (QED) is 0.475. The predicted molar refractivity (Wildman–Crippen MR) is 115 cm³/mol. The molecule has 0 saturated carbocycles. The van der Waals surface area contributed by atoms with Gasteiger partial charge in [-0.2, -0.15) is 5.10 Å². The van der Waals surface area contributed by atoms with Gasteiger partial charge in [0.2, 0.25) is 5.91 Å². The minimum absolute atomic E-state index is 0.263. The van der Waals surface area contributed by atoms with E-state index in [1.165, 1.54) is 18.2 Å². The number of aromatic nitrogens is 2. The fourth-order valence-corrected chi connectivity index (χ4v) is 3.43. The van der Waals surface area contributed by atoms with E-state index in [0.717, 1.165) is 28.8 Å². The number of amides is 1. The van der Waals surface area contributed by atoms with Crippen LogP contribution in [0.3, 0.4) is 0 Å². The Hall–Kier alpha value is -2.90. The maximum absolute atomic E-state index is 13.2. The van der Waals surface area contributed by atoms with Gasteiger partial charge in [0.15, 0.2) is 0 Å². The number of nitrogens with one attached hydrogen (secondary N) is 1. The lowest BCUT2D eigenvalue weighted by Crippen LogP contribution is -2.08. The summed E-state index contributed by atoms with van der Waals surface area (Å²) in [6.07, 6.45) is 7.22. The van der Waals surface area contributed by atoms with Gasteiger partial charge in [0.25, 0.3) is 0 Å². The number of carbonyl (C=O) groups is 1. The van der Waals surface area contributed by atoms with Crippen LogP contribution in [0.1, 0.15) is 11.1 Å². The Morgan fingerprint density at radius 3 is 2.55 bits per heavy atom. The second kappa shape index (κ2) is 9.54. The second-order valence-electron chi connectivity index (χ2n) is 6.63. The topological polar surface area (TPSA) is 70.0 Å². The summed E-state index contributed by atoms with van der Waals surface area (Å²) < 4.78 is 26.1. The van der Waals surface area contributed by atoms with Crippen LogP contribution in [0, 0.1) is 5.82 Å². The number of hydrogen-bond acceptors (Lipinski definition) is 3. The second-order valence-corrected chi connectivity index (χ2v) is 8.18. The van der Waals surface area contributed by atoms with Crippen LogP contribution < -0.4 is 5.32 Å². The van der Waals surface area contributed by atoms with Gasteiger partial charge in [-0.25, -0.2) is 4.39 Å². The first-order valence-electron chi connectivity index (χ1n) is 9.08. The molecular formula is C22H22FN3O2S. The third-order valence-corrected chi connectivity index (χ3v) is 5.18. The minimum Gasteiger partial charge on any atom is -0.617 e. The molecule has 7 heteroatoms. The number of benzene rings is 2. The van der Waals surface area contributed by atoms with Crippen LogP contribution in [0.5, 0.6) is 0 Å². The average molecular weight is 412 g/mol. The molecular weight excluding hydrogens is 389 g/mol. The smallest absolute Gasteiger partial charge is 0.248 e. The number of halogens is 1. The van der Waals surface area contributed by atoms with Gasteiger partial charge < -0.3 is 9.87 Å². The van der Waals surface area contributed by atoms with Crippen LogP contribution in [0.4, 0.5) is 10.1 Å². The molecule has 29 heavy (non-hydrogen) atoms. The Morgan fingerprint density at radius 1 is 1.21 bits per heavy atom. The molecule has 3 aromatic rings. The standard InChI is InChI=1S/C22H22FN3O2S/c1-26-22(17-5-8-19(23)9-6-17)18(15-24-26)7-12-21(27)25-20-10-3-16(4-11-20)13-14-29(2)28/h3-12,15H,13-14H2,1-2H3,(H,25,27)/b12-7+. The number of carbonyl (C=O) groups excluding carboxylic acids is 1. The first kappa shape index (κ1) is 20.8. The Bertz CT molecular complexity index is 996. The lowest BCUT2D eigenvalue weighted by atomic mass is 10.1. The third-order valence-electron chi connectivity index (χ3n) is 4.40. The highest BCUT2D eigenvalue weighted by atomic mass is 32.2. The molecule has 0 aliphatic rings. The van der Waals surface area contributed by atoms with Gasteiger partial charge in [-0.05, 0) is 48.0 Å². The van der Waals surface area contributed by atoms with Crippen LogP contribution in [-0.4, -0.2) is 32.2 Å². The largest absolute Gasteiger partial charge is 0.617 e. The molecule has 0 fully saturated rings. The first-order chi connectivity index (χ1) is 13.9. The molecule has 1 N–H and O–H groups in total. The van der Waals surface area contributed by atoms with E-state index in [-0.39, 0.29) is 11.7 Å². The summed E-state index contributed by atoms with van der Waals surface area (Å²) in [5.41, 5.74) is 4.14. The number of rotatable bonds is 7. The zero-order valence-corrected chi connectivity index (χ0v) is 17.1. The SMILES string of the molecule is Cn1ncc(/C=C/C(=O)Nc2ccc(CC[S+](C)[O-])cc2)c1-c1ccc(F)cc1. The van der Waals surface area contributed by atoms with E-state index in [0.29, 0.717) is 11.4 Å². The summed E-state index contributed by atoms with van der Waals surface area (Å²) in [5.74, 6) is 0.0540. The summed E-state index contributed by atoms with van der Waals surface area (Å²) in [4.78, 5) is 12.3. The van der Waals surface area contributed by atoms with Crippen molar-refractivity contribution >= 4 is 28.8 Å². The van der Waals surface area contributed by atoms with Gasteiger partial charge in [-0.15, -0.1) is 0 Å². The van der Waals surface area contributed by atoms with Gasteiger partial charge >= 0.3 is 0 Å². The Morgan fingerprint density at radius 2 is 1.90 bits per heavy atom. The predicted octanol–water partition coefficient (Wildman–Crippen LogP) is 3.80. The monoisotopic (exact) mass is 411 g/mol. The van der Waals surface area contributed by atoms with Gasteiger partial charge in [0, 0.05) is 36.4 Å². The Balaban J connectivity index is 1.66. The molecule has 0 aliphatic heterocycles. The van der Waals surface area contributed by atoms with E-state index in [1.54, 1.807) is 42.4 Å². The first-order valence-corrected chi connectivity index (χ1v) is 10.8. The Kier molecular flexibility index (Phi) is 6.85. The Labute approximate surface area is 172 Å². The average Bonchev–Trinajstić information content (AvgIpc) is 3.07. The number of anilines is 1. The van der Waals surface area contributed by atoms with E-state index in [4.69, 9.17) is 0 Å². The molecule has 0 bridgehead atoms. The summed E-state index contributed by atoms with van der Waals surface area (Å²) >= 11 is -0.821. The molecule has 0 saturated heterocycles. The highest BCUT2D eigenvalue weighted by Crippen LogP contribution is 2.24. The zero-order valence-electron chi connectivity index (χ0n) is 16.3. The molecule has 1 aromatic heterocycles. The number of hydrogen-bond donors (Lipinski definition) is 1. The summed E-state index contributed by atoms with van der Waals surface area (Å²) in [5, 5.41) is 7.05. The fourth-order valence-electron chi connectivity index (χ4n) is 2.90. The molecule has 2 aromatic carbocycles. The van der Waals surface area contributed by atoms with E-state index in [9.17, 15) is 13.7 Å². The summed E-state index contributed by atoms with van der Waals surface area (Å²) in [6, 6.07) is 13.6. The van der Waals surface area contributed by atoms with Crippen molar-refractivity contribution < 1.29 is 13.7 Å². The van der Waals surface area contributed by atoms with Gasteiger partial charge in [0.1, 0.15) is 11.6 Å². The lowest BCUT2D eigenvalue weighted by Gasteiger charge is -2.06. The highest BCUT2D eigenvalue weighted by Gasteiger charge is 2.09. The van der Waals surface area contributed by atoms with Crippen molar-refractivity contribution in [3.8, 4) is 11.3 Å². The molecule has 0 aliphatic carbocycles. The third kappa shape index (κ3) is 5.79. The van der Waals surface area contributed by atoms with Crippen LogP contribution >= 0.6 is 0 Å². The van der Waals surface area contributed by atoms with Gasteiger partial charge in [0.05, 0.1) is 18.1 Å². The van der Waals surface area contributed by atoms with Crippen molar-refractivity contribution in [3.05, 3.63) is 77.7 Å². The molecule has 3 rings (SSSR count). The van der Waals surface area contributed by atoms with E-state index in [1.807, 2.05) is 24.3 Å². The molecule has 1 heterocycles. The zero-order chi connectivity index (χ0) is 20.8. The summed E-state index contributed by atoms with van der Waals surface area (Å²) in [7, 11) is 1.80. The fraction of sp³-hybridized carbons (Fsp3) is 0.182. The molecule has 0 spiro atoms. The molecule has 1 amide bonds. The van der Waals surface area contributed by atoms with Crippen molar-refractivity contribution in [3.63, 3.8) is 0 Å². The van der Waals surface area contributed by atoms with Gasteiger partial charge in [-0.3, -0.25) is 9.48 Å². The van der Waals surface area contributed by atoms with Gasteiger partial charge in [-0.1, -0.05) is 23.3 Å². The molecule has 1 atom stereocenters. The van der Waals surface area contributed by atoms with E-state index >= 15 is 0 Å².